The molecule has 1 saturated carbocycles. The van der Waals surface area contributed by atoms with E-state index in [0.29, 0.717) is 26.2 Å². The van der Waals surface area contributed by atoms with E-state index >= 15 is 0 Å². The summed E-state index contributed by atoms with van der Waals surface area (Å²) in [6, 6.07) is 0. The van der Waals surface area contributed by atoms with Gasteiger partial charge in [-0.3, -0.25) is 4.79 Å². The van der Waals surface area contributed by atoms with Crippen LogP contribution in [0.25, 0.3) is 0 Å². The van der Waals surface area contributed by atoms with Crippen molar-refractivity contribution in [3.63, 3.8) is 0 Å². The van der Waals surface area contributed by atoms with Crippen molar-refractivity contribution in [2.75, 3.05) is 46.5 Å². The number of carbonyl (C=O) groups excluding carboxylic acids is 1. The first kappa shape index (κ1) is 18.4. The third-order valence-electron chi connectivity index (χ3n) is 3.90. The lowest BCUT2D eigenvalue weighted by atomic mass is 9.89. The summed E-state index contributed by atoms with van der Waals surface area (Å²) in [5.74, 6) is 0.197. The summed E-state index contributed by atoms with van der Waals surface area (Å²) in [6.07, 6.45) is 6.60. The zero-order valence-electron chi connectivity index (χ0n) is 13.5. The molecular weight excluding hydrogens is 290 g/mol. The number of rotatable bonds is 8. The number of nitrogens with one attached hydrogen (secondary N) is 1. The summed E-state index contributed by atoms with van der Waals surface area (Å²) in [7, 11) is 0.588. The number of hydrogen-bond donors (Lipinski definition) is 1. The fourth-order valence-corrected chi connectivity index (χ4v) is 3.40. The SMILES string of the molecule is CN(C)CCN(CCNC(=O)C1CCCCC1)S(C)(=O)=O. The molecule has 0 aromatic heterocycles. The maximum atomic E-state index is 12.0. The predicted molar refractivity (Wildman–Crippen MR) is 84.6 cm³/mol. The van der Waals surface area contributed by atoms with Gasteiger partial charge in [0.2, 0.25) is 15.9 Å². The van der Waals surface area contributed by atoms with E-state index < -0.39 is 10.0 Å². The average Bonchev–Trinajstić information content (AvgIpc) is 2.41. The standard InChI is InChI=1S/C14H29N3O3S/c1-16(2)11-12-17(21(3,19)20)10-9-15-14(18)13-7-5-4-6-8-13/h13H,4-12H2,1-3H3,(H,15,18). The van der Waals surface area contributed by atoms with Crippen LogP contribution in [0.2, 0.25) is 0 Å². The highest BCUT2D eigenvalue weighted by atomic mass is 32.2. The zero-order valence-corrected chi connectivity index (χ0v) is 14.3. The van der Waals surface area contributed by atoms with Crippen LogP contribution in [-0.2, 0) is 14.8 Å². The normalized spacial score (nSPS) is 17.4. The van der Waals surface area contributed by atoms with E-state index in [9.17, 15) is 13.2 Å². The first-order valence-electron chi connectivity index (χ1n) is 7.68. The minimum atomic E-state index is -3.23. The van der Waals surface area contributed by atoms with E-state index in [0.717, 1.165) is 25.7 Å². The number of likely N-dealkylation sites (N-methyl/N-ethyl adjacent to an activating group) is 1. The zero-order chi connectivity index (χ0) is 15.9. The molecule has 0 atom stereocenters. The van der Waals surface area contributed by atoms with Crippen molar-refractivity contribution in [3.8, 4) is 0 Å². The van der Waals surface area contributed by atoms with Crippen molar-refractivity contribution in [1.82, 2.24) is 14.5 Å². The molecule has 0 aromatic carbocycles. The van der Waals surface area contributed by atoms with Gasteiger partial charge < -0.3 is 10.2 Å². The maximum absolute atomic E-state index is 12.0. The molecule has 1 rings (SSSR count). The second-order valence-corrected chi connectivity index (χ2v) is 8.07. The van der Waals surface area contributed by atoms with Crippen LogP contribution in [-0.4, -0.2) is 70.1 Å². The van der Waals surface area contributed by atoms with Crippen molar-refractivity contribution in [1.29, 1.82) is 0 Å². The van der Waals surface area contributed by atoms with Crippen LogP contribution in [0.1, 0.15) is 32.1 Å². The molecule has 21 heavy (non-hydrogen) atoms. The number of nitrogens with zero attached hydrogens (tertiary/aromatic N) is 2. The summed E-state index contributed by atoms with van der Waals surface area (Å²) in [5.41, 5.74) is 0. The fraction of sp³-hybridized carbons (Fsp3) is 0.929. The largest absolute Gasteiger partial charge is 0.355 e. The van der Waals surface area contributed by atoms with Gasteiger partial charge in [0, 0.05) is 32.1 Å². The van der Waals surface area contributed by atoms with Gasteiger partial charge in [-0.15, -0.1) is 0 Å². The minimum absolute atomic E-state index is 0.0794. The van der Waals surface area contributed by atoms with Crippen molar-refractivity contribution >= 4 is 15.9 Å². The molecule has 1 amide bonds. The monoisotopic (exact) mass is 319 g/mol. The van der Waals surface area contributed by atoms with Gasteiger partial charge in [-0.25, -0.2) is 8.42 Å². The lowest BCUT2D eigenvalue weighted by Gasteiger charge is -2.24. The van der Waals surface area contributed by atoms with Crippen molar-refractivity contribution in [2.24, 2.45) is 5.92 Å². The van der Waals surface area contributed by atoms with Crippen LogP contribution >= 0.6 is 0 Å². The highest BCUT2D eigenvalue weighted by Gasteiger charge is 2.21. The first-order chi connectivity index (χ1) is 9.80. The average molecular weight is 319 g/mol. The Bertz CT molecular complexity index is 417. The molecule has 0 unspecified atom stereocenters. The molecule has 0 aromatic rings. The van der Waals surface area contributed by atoms with E-state index in [1.807, 2.05) is 19.0 Å². The molecule has 0 aliphatic heterocycles. The Kier molecular flexibility index (Phi) is 7.62. The highest BCUT2D eigenvalue weighted by molar-refractivity contribution is 7.88. The quantitative estimate of drug-likeness (QED) is 0.707. The van der Waals surface area contributed by atoms with Crippen molar-refractivity contribution in [3.05, 3.63) is 0 Å². The molecule has 0 heterocycles. The van der Waals surface area contributed by atoms with E-state index in [1.54, 1.807) is 0 Å². The Morgan fingerprint density at radius 2 is 1.71 bits per heavy atom. The molecule has 124 valence electrons. The minimum Gasteiger partial charge on any atom is -0.355 e. The number of carbonyl (C=O) groups is 1. The number of hydrogen-bond acceptors (Lipinski definition) is 4. The summed E-state index contributed by atoms with van der Waals surface area (Å²) < 4.78 is 24.9. The van der Waals surface area contributed by atoms with Gasteiger partial charge in [0.25, 0.3) is 0 Å². The molecule has 1 N–H and O–H groups in total. The van der Waals surface area contributed by atoms with Gasteiger partial charge in [0.05, 0.1) is 6.26 Å². The van der Waals surface area contributed by atoms with Crippen LogP contribution in [0.4, 0.5) is 0 Å². The van der Waals surface area contributed by atoms with Crippen LogP contribution in [0.15, 0.2) is 0 Å². The van der Waals surface area contributed by atoms with Gasteiger partial charge in [-0.05, 0) is 26.9 Å². The van der Waals surface area contributed by atoms with E-state index in [4.69, 9.17) is 0 Å². The molecule has 7 heteroatoms. The van der Waals surface area contributed by atoms with Crippen molar-refractivity contribution < 1.29 is 13.2 Å². The van der Waals surface area contributed by atoms with Crippen molar-refractivity contribution in [2.45, 2.75) is 32.1 Å². The Labute approximate surface area is 128 Å². The van der Waals surface area contributed by atoms with Gasteiger partial charge in [-0.1, -0.05) is 19.3 Å². The van der Waals surface area contributed by atoms with E-state index in [2.05, 4.69) is 5.32 Å². The molecule has 0 radical (unpaired) electrons. The second kappa shape index (κ2) is 8.70. The summed E-state index contributed by atoms with van der Waals surface area (Å²) >= 11 is 0. The molecular formula is C14H29N3O3S. The molecule has 1 fully saturated rings. The van der Waals surface area contributed by atoms with E-state index in [1.165, 1.54) is 17.0 Å². The third kappa shape index (κ3) is 7.24. The molecule has 6 nitrogen and oxygen atoms in total. The maximum Gasteiger partial charge on any atom is 0.223 e. The molecule has 1 aliphatic rings. The summed E-state index contributed by atoms with van der Waals surface area (Å²) in [4.78, 5) is 14.0. The number of amides is 1. The van der Waals surface area contributed by atoms with Crippen LogP contribution < -0.4 is 5.32 Å². The van der Waals surface area contributed by atoms with Crippen LogP contribution in [0.3, 0.4) is 0 Å². The van der Waals surface area contributed by atoms with Gasteiger partial charge in [0.15, 0.2) is 0 Å². The van der Waals surface area contributed by atoms with Gasteiger partial charge in [-0.2, -0.15) is 4.31 Å². The smallest absolute Gasteiger partial charge is 0.223 e. The first-order valence-corrected chi connectivity index (χ1v) is 9.53. The van der Waals surface area contributed by atoms with Crippen LogP contribution in [0.5, 0.6) is 0 Å². The number of sulfonamides is 1. The fourth-order valence-electron chi connectivity index (χ4n) is 2.57. The Morgan fingerprint density at radius 1 is 1.10 bits per heavy atom. The molecule has 0 spiro atoms. The lowest BCUT2D eigenvalue weighted by Crippen LogP contribution is -2.42. The van der Waals surface area contributed by atoms with Gasteiger partial charge in [0.1, 0.15) is 0 Å². The predicted octanol–water partition coefficient (Wildman–Crippen LogP) is 0.506. The third-order valence-corrected chi connectivity index (χ3v) is 5.21. The highest BCUT2D eigenvalue weighted by Crippen LogP contribution is 2.23. The topological polar surface area (TPSA) is 69.7 Å². The molecule has 0 saturated heterocycles. The Hall–Kier alpha value is -0.660. The molecule has 1 aliphatic carbocycles. The molecule has 0 bridgehead atoms. The second-order valence-electron chi connectivity index (χ2n) is 6.09. The Morgan fingerprint density at radius 3 is 2.24 bits per heavy atom. The summed E-state index contributed by atoms with van der Waals surface area (Å²) in [5, 5.41) is 2.88. The Balaban J connectivity index is 2.36. The summed E-state index contributed by atoms with van der Waals surface area (Å²) in [6.45, 7) is 1.84. The van der Waals surface area contributed by atoms with E-state index in [-0.39, 0.29) is 11.8 Å². The van der Waals surface area contributed by atoms with Crippen LogP contribution in [0, 0.1) is 5.92 Å². The lowest BCUT2D eigenvalue weighted by molar-refractivity contribution is -0.125. The van der Waals surface area contributed by atoms with Gasteiger partial charge >= 0.3 is 0 Å².